The number of hydrogen-bond acceptors (Lipinski definition) is 7. The molecule has 29 heavy (non-hydrogen) atoms. The lowest BCUT2D eigenvalue weighted by Gasteiger charge is -2.40. The van der Waals surface area contributed by atoms with E-state index in [1.54, 1.807) is 4.90 Å². The normalized spacial score (nSPS) is 21.1. The van der Waals surface area contributed by atoms with Gasteiger partial charge in [-0.2, -0.15) is 4.98 Å². The maximum Gasteiger partial charge on any atom is 0.409 e. The van der Waals surface area contributed by atoms with Gasteiger partial charge in [0.25, 0.3) is 0 Å². The van der Waals surface area contributed by atoms with E-state index in [0.717, 1.165) is 49.1 Å². The molecule has 2 fully saturated rings. The zero-order valence-electron chi connectivity index (χ0n) is 16.5. The Morgan fingerprint density at radius 3 is 2.83 bits per heavy atom. The van der Waals surface area contributed by atoms with Crippen LogP contribution in [0.3, 0.4) is 0 Å². The molecule has 3 aliphatic rings. The number of carbonyl (C=O) groups is 1. The van der Waals surface area contributed by atoms with Gasteiger partial charge in [-0.25, -0.2) is 9.78 Å². The molecule has 8 heteroatoms. The minimum atomic E-state index is -0.259. The van der Waals surface area contributed by atoms with E-state index in [4.69, 9.17) is 14.7 Å². The van der Waals surface area contributed by atoms with Crippen molar-refractivity contribution in [3.8, 4) is 0 Å². The molecule has 0 bridgehead atoms. The zero-order chi connectivity index (χ0) is 19.8. The van der Waals surface area contributed by atoms with Crippen LogP contribution in [0, 0.1) is 0 Å². The summed E-state index contributed by atoms with van der Waals surface area (Å²) in [7, 11) is 1.43. The zero-order valence-corrected chi connectivity index (χ0v) is 17.3. The fourth-order valence-electron chi connectivity index (χ4n) is 4.24. The highest BCUT2D eigenvalue weighted by atomic mass is 32.2. The number of hydrogen-bond donors (Lipinski definition) is 1. The van der Waals surface area contributed by atoms with E-state index in [1.807, 2.05) is 11.8 Å². The Labute approximate surface area is 174 Å². The van der Waals surface area contributed by atoms with Crippen LogP contribution in [0.15, 0.2) is 35.2 Å². The Balaban J connectivity index is 1.30. The predicted octanol–water partition coefficient (Wildman–Crippen LogP) is 2.98. The van der Waals surface area contributed by atoms with Crippen molar-refractivity contribution in [1.29, 1.82) is 0 Å². The van der Waals surface area contributed by atoms with Crippen molar-refractivity contribution in [1.82, 2.24) is 14.9 Å². The average molecular weight is 412 g/mol. The lowest BCUT2D eigenvalue weighted by Crippen LogP contribution is -2.46. The van der Waals surface area contributed by atoms with Crippen LogP contribution in [-0.2, 0) is 11.2 Å². The number of benzene rings is 1. The summed E-state index contributed by atoms with van der Waals surface area (Å²) in [6.45, 7) is 3.26. The molecule has 0 saturated carbocycles. The van der Waals surface area contributed by atoms with Gasteiger partial charge >= 0.3 is 6.09 Å². The Morgan fingerprint density at radius 1 is 1.21 bits per heavy atom. The standard InChI is InChI=1S/C21H25N5O2S/c1-28-21(27)25-9-7-16(13-25)22-19-18-17(8-10-29-18)23-20(24-19)26-11-15(12-26)14-5-3-2-4-6-14/h2-6,15-16H,7-13H2,1H3,(H,22,23,24)/t16-/m1/s1. The second-order valence-electron chi connectivity index (χ2n) is 7.81. The van der Waals surface area contributed by atoms with Gasteiger partial charge < -0.3 is 19.9 Å². The Hall–Kier alpha value is -2.48. The van der Waals surface area contributed by atoms with Crippen LogP contribution >= 0.6 is 11.8 Å². The number of fused-ring (bicyclic) bond motifs is 1. The molecule has 152 valence electrons. The highest BCUT2D eigenvalue weighted by Gasteiger charge is 2.33. The van der Waals surface area contributed by atoms with Gasteiger partial charge in [0, 0.05) is 50.3 Å². The number of rotatable bonds is 4. The monoisotopic (exact) mass is 411 g/mol. The van der Waals surface area contributed by atoms with E-state index in [1.165, 1.54) is 17.6 Å². The molecule has 1 aromatic carbocycles. The number of aryl methyl sites for hydroxylation is 1. The number of thioether (sulfide) groups is 1. The van der Waals surface area contributed by atoms with Crippen LogP contribution in [0.5, 0.6) is 0 Å². The van der Waals surface area contributed by atoms with E-state index in [-0.39, 0.29) is 12.1 Å². The lowest BCUT2D eigenvalue weighted by atomic mass is 9.92. The topological polar surface area (TPSA) is 70.6 Å². The van der Waals surface area contributed by atoms with Crippen LogP contribution in [0.1, 0.15) is 23.6 Å². The Kier molecular flexibility index (Phi) is 4.95. The molecule has 1 atom stereocenters. The van der Waals surface area contributed by atoms with E-state index < -0.39 is 0 Å². The van der Waals surface area contributed by atoms with Crippen LogP contribution in [0.25, 0.3) is 0 Å². The van der Waals surface area contributed by atoms with Crippen molar-refractivity contribution in [2.45, 2.75) is 29.7 Å². The fourth-order valence-corrected chi connectivity index (χ4v) is 5.29. The first-order valence-electron chi connectivity index (χ1n) is 10.1. The van der Waals surface area contributed by atoms with Gasteiger partial charge in [-0.05, 0) is 12.0 Å². The van der Waals surface area contributed by atoms with E-state index >= 15 is 0 Å². The number of nitrogens with zero attached hydrogens (tertiary/aromatic N) is 4. The highest BCUT2D eigenvalue weighted by Crippen LogP contribution is 2.39. The first-order valence-corrected chi connectivity index (χ1v) is 11.1. The van der Waals surface area contributed by atoms with Crippen molar-refractivity contribution in [2.24, 2.45) is 0 Å². The summed E-state index contributed by atoms with van der Waals surface area (Å²) in [5.74, 6) is 3.34. The number of amides is 1. The van der Waals surface area contributed by atoms with Gasteiger partial charge in [-0.15, -0.1) is 11.8 Å². The largest absolute Gasteiger partial charge is 0.453 e. The molecule has 7 nitrogen and oxygen atoms in total. The number of methoxy groups -OCH3 is 1. The number of ether oxygens (including phenoxy) is 1. The first-order chi connectivity index (χ1) is 14.2. The van der Waals surface area contributed by atoms with Crippen LogP contribution in [0.2, 0.25) is 0 Å². The van der Waals surface area contributed by atoms with Crippen molar-refractivity contribution in [2.75, 3.05) is 49.3 Å². The molecule has 1 aromatic heterocycles. The smallest absolute Gasteiger partial charge is 0.409 e. The summed E-state index contributed by atoms with van der Waals surface area (Å²) >= 11 is 1.82. The van der Waals surface area contributed by atoms with Crippen molar-refractivity contribution in [3.63, 3.8) is 0 Å². The summed E-state index contributed by atoms with van der Waals surface area (Å²) < 4.78 is 4.85. The quantitative estimate of drug-likeness (QED) is 0.829. The molecule has 0 unspecified atom stereocenters. The Bertz CT molecular complexity index is 903. The molecule has 0 radical (unpaired) electrons. The van der Waals surface area contributed by atoms with Gasteiger partial charge in [0.15, 0.2) is 0 Å². The molecule has 5 rings (SSSR count). The average Bonchev–Trinajstić information content (AvgIpc) is 3.37. The van der Waals surface area contributed by atoms with Crippen molar-refractivity contribution < 1.29 is 9.53 Å². The summed E-state index contributed by atoms with van der Waals surface area (Å²) in [6, 6.07) is 10.8. The maximum absolute atomic E-state index is 11.8. The minimum Gasteiger partial charge on any atom is -0.453 e. The van der Waals surface area contributed by atoms with Crippen LogP contribution in [-0.4, -0.2) is 66.0 Å². The molecule has 1 amide bonds. The molecule has 2 aromatic rings. The number of likely N-dealkylation sites (tertiary alicyclic amines) is 1. The SMILES string of the molecule is COC(=O)N1CC[C@@H](Nc2nc(N3CC(c4ccccc4)C3)nc3c2SCC3)C1. The number of aromatic nitrogens is 2. The van der Waals surface area contributed by atoms with Crippen molar-refractivity contribution in [3.05, 3.63) is 41.6 Å². The Morgan fingerprint density at radius 2 is 2.03 bits per heavy atom. The molecule has 0 aliphatic carbocycles. The third-order valence-corrected chi connectivity index (χ3v) is 7.03. The summed E-state index contributed by atoms with van der Waals surface area (Å²) in [4.78, 5) is 26.7. The minimum absolute atomic E-state index is 0.190. The van der Waals surface area contributed by atoms with Crippen LogP contribution in [0.4, 0.5) is 16.6 Å². The third-order valence-electron chi connectivity index (χ3n) is 5.91. The molecule has 1 N–H and O–H groups in total. The van der Waals surface area contributed by atoms with Crippen LogP contribution < -0.4 is 10.2 Å². The van der Waals surface area contributed by atoms with Crippen molar-refractivity contribution >= 4 is 29.6 Å². The molecular weight excluding hydrogens is 386 g/mol. The lowest BCUT2D eigenvalue weighted by molar-refractivity contribution is 0.132. The predicted molar refractivity (Wildman–Crippen MR) is 114 cm³/mol. The summed E-state index contributed by atoms with van der Waals surface area (Å²) in [6.07, 6.45) is 1.62. The summed E-state index contributed by atoms with van der Waals surface area (Å²) in [5.41, 5.74) is 2.53. The number of carbonyl (C=O) groups excluding carboxylic acids is 1. The molecular formula is C21H25N5O2S. The molecule has 4 heterocycles. The van der Waals surface area contributed by atoms with E-state index in [0.29, 0.717) is 19.0 Å². The fraction of sp³-hybridized carbons (Fsp3) is 0.476. The number of nitrogens with one attached hydrogen (secondary N) is 1. The van der Waals surface area contributed by atoms with Gasteiger partial charge in [-0.1, -0.05) is 30.3 Å². The van der Waals surface area contributed by atoms with Gasteiger partial charge in [-0.3, -0.25) is 0 Å². The third kappa shape index (κ3) is 3.61. The molecule has 0 spiro atoms. The second-order valence-corrected chi connectivity index (χ2v) is 8.91. The van der Waals surface area contributed by atoms with Gasteiger partial charge in [0.2, 0.25) is 5.95 Å². The maximum atomic E-state index is 11.8. The summed E-state index contributed by atoms with van der Waals surface area (Å²) in [5, 5.41) is 3.59. The number of anilines is 2. The van der Waals surface area contributed by atoms with Gasteiger partial charge in [0.05, 0.1) is 17.7 Å². The second kappa shape index (κ2) is 7.74. The van der Waals surface area contributed by atoms with E-state index in [9.17, 15) is 4.79 Å². The highest BCUT2D eigenvalue weighted by molar-refractivity contribution is 7.99. The van der Waals surface area contributed by atoms with Gasteiger partial charge in [0.1, 0.15) is 5.82 Å². The molecule has 2 saturated heterocycles. The molecule has 3 aliphatic heterocycles. The van der Waals surface area contributed by atoms with E-state index in [2.05, 4.69) is 40.5 Å². The first kappa shape index (κ1) is 18.5.